The van der Waals surface area contributed by atoms with Gasteiger partial charge in [-0.15, -0.1) is 0 Å². The monoisotopic (exact) mass is 178 g/mol. The molecule has 0 aromatic carbocycles. The van der Waals surface area contributed by atoms with E-state index in [9.17, 15) is 4.79 Å². The smallest absolute Gasteiger partial charge is 0.166 e. The van der Waals surface area contributed by atoms with Gasteiger partial charge in [0, 0.05) is 18.7 Å². The van der Waals surface area contributed by atoms with E-state index >= 15 is 0 Å². The van der Waals surface area contributed by atoms with Crippen molar-refractivity contribution in [1.29, 1.82) is 0 Å². The molecule has 0 radical (unpaired) electrons. The summed E-state index contributed by atoms with van der Waals surface area (Å²) in [5.41, 5.74) is 2.95. The predicted octanol–water partition coefficient (Wildman–Crippen LogP) is 1.73. The maximum Gasteiger partial charge on any atom is 0.166 e. The van der Waals surface area contributed by atoms with E-state index < -0.39 is 0 Å². The normalized spacial score (nSPS) is 14.6. The lowest BCUT2D eigenvalue weighted by Crippen LogP contribution is -2.01. The van der Waals surface area contributed by atoms with Gasteiger partial charge >= 0.3 is 0 Å². The highest BCUT2D eigenvalue weighted by molar-refractivity contribution is 5.98. The van der Waals surface area contributed by atoms with Crippen LogP contribution in [0.3, 0.4) is 0 Å². The molecule has 0 saturated heterocycles. The number of aryl methyl sites for hydroxylation is 2. The number of rotatable bonds is 2. The Hall–Kier alpha value is -1.12. The molecule has 3 nitrogen and oxygen atoms in total. The number of carbonyl (C=O) groups is 1. The van der Waals surface area contributed by atoms with E-state index in [1.54, 1.807) is 0 Å². The minimum Gasteiger partial charge on any atom is -0.294 e. The number of ketones is 1. The van der Waals surface area contributed by atoms with E-state index in [4.69, 9.17) is 0 Å². The molecule has 1 aliphatic rings. The standard InChI is InChI=1S/C10H14N2O/c1-3-9(13)10-7(2)11-12-6-4-5-8(10)12/h3-6H2,1-2H3. The maximum absolute atomic E-state index is 11.6. The Labute approximate surface area is 77.7 Å². The van der Waals surface area contributed by atoms with Crippen molar-refractivity contribution in [3.63, 3.8) is 0 Å². The second kappa shape index (κ2) is 2.98. The van der Waals surface area contributed by atoms with Crippen molar-refractivity contribution in [2.24, 2.45) is 0 Å². The van der Waals surface area contributed by atoms with Crippen LogP contribution in [0.5, 0.6) is 0 Å². The topological polar surface area (TPSA) is 34.9 Å². The van der Waals surface area contributed by atoms with Crippen molar-refractivity contribution in [3.8, 4) is 0 Å². The SMILES string of the molecule is CCC(=O)c1c(C)nn2c1CCC2. The number of carbonyl (C=O) groups excluding carboxylic acids is 1. The van der Waals surface area contributed by atoms with Gasteiger partial charge < -0.3 is 0 Å². The molecule has 13 heavy (non-hydrogen) atoms. The summed E-state index contributed by atoms with van der Waals surface area (Å²) in [7, 11) is 0. The molecule has 0 atom stereocenters. The van der Waals surface area contributed by atoms with Crippen LogP contribution in [0.25, 0.3) is 0 Å². The van der Waals surface area contributed by atoms with Gasteiger partial charge in [-0.25, -0.2) is 0 Å². The van der Waals surface area contributed by atoms with Crippen LogP contribution in [-0.2, 0) is 13.0 Å². The number of nitrogens with zero attached hydrogens (tertiary/aromatic N) is 2. The molecule has 0 N–H and O–H groups in total. The number of aromatic nitrogens is 2. The first-order chi connectivity index (χ1) is 6.24. The Balaban J connectivity index is 2.50. The zero-order valence-corrected chi connectivity index (χ0v) is 8.13. The van der Waals surface area contributed by atoms with Crippen LogP contribution in [-0.4, -0.2) is 15.6 Å². The summed E-state index contributed by atoms with van der Waals surface area (Å²) in [6.07, 6.45) is 2.73. The molecule has 0 spiro atoms. The molecule has 1 aromatic rings. The van der Waals surface area contributed by atoms with Gasteiger partial charge in [-0.05, 0) is 19.8 Å². The van der Waals surface area contributed by atoms with Crippen LogP contribution in [0.4, 0.5) is 0 Å². The van der Waals surface area contributed by atoms with Crippen molar-refractivity contribution >= 4 is 5.78 Å². The number of hydrogen-bond donors (Lipinski definition) is 0. The molecule has 0 fully saturated rings. The molecule has 0 unspecified atom stereocenters. The molecule has 2 heterocycles. The highest BCUT2D eigenvalue weighted by Crippen LogP contribution is 2.22. The fourth-order valence-electron chi connectivity index (χ4n) is 2.00. The molecule has 0 bridgehead atoms. The first kappa shape index (κ1) is 8.48. The fourth-order valence-corrected chi connectivity index (χ4v) is 2.00. The Bertz CT molecular complexity index is 352. The summed E-state index contributed by atoms with van der Waals surface area (Å²) >= 11 is 0. The summed E-state index contributed by atoms with van der Waals surface area (Å²) in [4.78, 5) is 11.6. The summed E-state index contributed by atoms with van der Waals surface area (Å²) in [6, 6.07) is 0. The number of fused-ring (bicyclic) bond motifs is 1. The molecular formula is C10H14N2O. The van der Waals surface area contributed by atoms with Gasteiger partial charge in [0.25, 0.3) is 0 Å². The molecule has 70 valence electrons. The van der Waals surface area contributed by atoms with E-state index in [1.807, 2.05) is 18.5 Å². The second-order valence-corrected chi connectivity index (χ2v) is 3.51. The van der Waals surface area contributed by atoms with Crippen LogP contribution in [0.2, 0.25) is 0 Å². The van der Waals surface area contributed by atoms with Gasteiger partial charge in [-0.2, -0.15) is 5.10 Å². The number of Topliss-reactive ketones (excluding diaryl/α,β-unsaturated/α-hetero) is 1. The quantitative estimate of drug-likeness (QED) is 0.646. The molecule has 0 aliphatic carbocycles. The molecule has 0 saturated carbocycles. The molecular weight excluding hydrogens is 164 g/mol. The zero-order valence-electron chi connectivity index (χ0n) is 8.13. The van der Waals surface area contributed by atoms with E-state index in [2.05, 4.69) is 5.10 Å². The molecule has 2 rings (SSSR count). The predicted molar refractivity (Wildman–Crippen MR) is 49.9 cm³/mol. The Morgan fingerprint density at radius 2 is 2.38 bits per heavy atom. The van der Waals surface area contributed by atoms with E-state index in [0.29, 0.717) is 6.42 Å². The first-order valence-corrected chi connectivity index (χ1v) is 4.83. The number of hydrogen-bond acceptors (Lipinski definition) is 2. The van der Waals surface area contributed by atoms with Gasteiger partial charge in [0.05, 0.1) is 11.3 Å². The lowest BCUT2D eigenvalue weighted by molar-refractivity contribution is 0.0987. The summed E-state index contributed by atoms with van der Waals surface area (Å²) < 4.78 is 1.98. The molecule has 1 aliphatic heterocycles. The second-order valence-electron chi connectivity index (χ2n) is 3.51. The maximum atomic E-state index is 11.6. The van der Waals surface area contributed by atoms with E-state index in [-0.39, 0.29) is 5.78 Å². The third kappa shape index (κ3) is 1.19. The average molecular weight is 178 g/mol. The van der Waals surface area contributed by atoms with E-state index in [1.165, 1.54) is 0 Å². The first-order valence-electron chi connectivity index (χ1n) is 4.83. The van der Waals surface area contributed by atoms with Gasteiger partial charge in [0.2, 0.25) is 0 Å². The largest absolute Gasteiger partial charge is 0.294 e. The lowest BCUT2D eigenvalue weighted by Gasteiger charge is -1.97. The fraction of sp³-hybridized carbons (Fsp3) is 0.600. The third-order valence-corrected chi connectivity index (χ3v) is 2.62. The minimum atomic E-state index is 0.237. The summed E-state index contributed by atoms with van der Waals surface area (Å²) in [6.45, 7) is 4.81. The average Bonchev–Trinajstić information content (AvgIpc) is 2.62. The van der Waals surface area contributed by atoms with Gasteiger partial charge in [0.15, 0.2) is 5.78 Å². The van der Waals surface area contributed by atoms with Crippen molar-refractivity contribution in [3.05, 3.63) is 17.0 Å². The molecule has 3 heteroatoms. The van der Waals surface area contributed by atoms with Crippen molar-refractivity contribution in [1.82, 2.24) is 9.78 Å². The van der Waals surface area contributed by atoms with Crippen molar-refractivity contribution in [2.75, 3.05) is 0 Å². The van der Waals surface area contributed by atoms with Crippen LogP contribution in [0, 0.1) is 6.92 Å². The summed E-state index contributed by atoms with van der Waals surface area (Å²) in [5.74, 6) is 0.237. The minimum absolute atomic E-state index is 0.237. The highest BCUT2D eigenvalue weighted by Gasteiger charge is 2.22. The molecule has 0 amide bonds. The Morgan fingerprint density at radius 3 is 3.08 bits per heavy atom. The Morgan fingerprint density at radius 1 is 1.62 bits per heavy atom. The van der Waals surface area contributed by atoms with Gasteiger partial charge in [0.1, 0.15) is 0 Å². The molecule has 1 aromatic heterocycles. The van der Waals surface area contributed by atoms with Crippen molar-refractivity contribution < 1.29 is 4.79 Å². The highest BCUT2D eigenvalue weighted by atomic mass is 16.1. The zero-order chi connectivity index (χ0) is 9.42. The summed E-state index contributed by atoms with van der Waals surface area (Å²) in [5, 5.41) is 4.36. The third-order valence-electron chi connectivity index (χ3n) is 2.62. The lowest BCUT2D eigenvalue weighted by atomic mass is 10.1. The van der Waals surface area contributed by atoms with Gasteiger partial charge in [-0.1, -0.05) is 6.92 Å². The van der Waals surface area contributed by atoms with Gasteiger partial charge in [-0.3, -0.25) is 9.48 Å². The Kier molecular flexibility index (Phi) is 1.94. The van der Waals surface area contributed by atoms with Crippen molar-refractivity contribution in [2.45, 2.75) is 39.7 Å². The van der Waals surface area contributed by atoms with Crippen LogP contribution >= 0.6 is 0 Å². The van der Waals surface area contributed by atoms with Crippen LogP contribution < -0.4 is 0 Å². The van der Waals surface area contributed by atoms with E-state index in [0.717, 1.165) is 36.3 Å². The van der Waals surface area contributed by atoms with Crippen LogP contribution in [0.15, 0.2) is 0 Å². The van der Waals surface area contributed by atoms with Crippen LogP contribution in [0.1, 0.15) is 41.5 Å².